The Balaban J connectivity index is 2.31. The van der Waals surface area contributed by atoms with E-state index in [9.17, 15) is 9.90 Å². The number of carbonyl (C=O) groups is 1. The summed E-state index contributed by atoms with van der Waals surface area (Å²) < 4.78 is 5.57. The molecule has 1 unspecified atom stereocenters. The topological polar surface area (TPSA) is 70.6 Å². The lowest BCUT2D eigenvalue weighted by atomic mass is 9.87. The molecule has 1 aromatic rings. The smallest absolute Gasteiger partial charge is 0.319 e. The van der Waals surface area contributed by atoms with Gasteiger partial charge in [-0.1, -0.05) is 34.1 Å². The fraction of sp³-hybridized carbons (Fsp3) is 0.611. The summed E-state index contributed by atoms with van der Waals surface area (Å²) in [7, 11) is 0. The average molecular weight is 322 g/mol. The van der Waals surface area contributed by atoms with Gasteiger partial charge in [-0.3, -0.25) is 0 Å². The molecule has 0 aliphatic heterocycles. The first kappa shape index (κ1) is 19.3. The van der Waals surface area contributed by atoms with Crippen molar-refractivity contribution in [2.45, 2.75) is 53.1 Å². The van der Waals surface area contributed by atoms with Crippen LogP contribution in [0.25, 0.3) is 0 Å². The Hall–Kier alpha value is -1.75. The predicted molar refractivity (Wildman–Crippen MR) is 93.9 cm³/mol. The first-order valence-electron chi connectivity index (χ1n) is 8.28. The van der Waals surface area contributed by atoms with E-state index < -0.39 is 6.10 Å². The maximum atomic E-state index is 11.8. The second kappa shape index (κ2) is 9.40. The van der Waals surface area contributed by atoms with Gasteiger partial charge in [0.2, 0.25) is 0 Å². The van der Waals surface area contributed by atoms with E-state index >= 15 is 0 Å². The van der Waals surface area contributed by atoms with Gasteiger partial charge in [-0.25, -0.2) is 4.79 Å². The lowest BCUT2D eigenvalue weighted by molar-refractivity contribution is 0.0565. The normalized spacial score (nSPS) is 12.6. The molecule has 1 aromatic carbocycles. The fourth-order valence-electron chi connectivity index (χ4n) is 1.90. The lowest BCUT2D eigenvalue weighted by Crippen LogP contribution is -2.34. The van der Waals surface area contributed by atoms with Crippen molar-refractivity contribution in [1.82, 2.24) is 5.32 Å². The summed E-state index contributed by atoms with van der Waals surface area (Å²) in [5.74, 6) is 0.803. The van der Waals surface area contributed by atoms with Crippen LogP contribution in [0.4, 0.5) is 10.5 Å². The molecule has 0 radical (unpaired) electrons. The van der Waals surface area contributed by atoms with E-state index in [1.54, 1.807) is 0 Å². The highest BCUT2D eigenvalue weighted by atomic mass is 16.5. The molecular formula is C18H30N2O3. The van der Waals surface area contributed by atoms with Crippen molar-refractivity contribution in [3.63, 3.8) is 0 Å². The first-order chi connectivity index (χ1) is 10.8. The van der Waals surface area contributed by atoms with Crippen LogP contribution in [-0.4, -0.2) is 30.4 Å². The minimum absolute atomic E-state index is 0.175. The third-order valence-electron chi connectivity index (χ3n) is 3.58. The van der Waals surface area contributed by atoms with Gasteiger partial charge in [0.25, 0.3) is 0 Å². The van der Waals surface area contributed by atoms with Crippen LogP contribution < -0.4 is 15.4 Å². The van der Waals surface area contributed by atoms with E-state index in [0.717, 1.165) is 18.6 Å². The van der Waals surface area contributed by atoms with Crippen LogP contribution in [0.1, 0.15) is 47.0 Å². The van der Waals surface area contributed by atoms with E-state index in [-0.39, 0.29) is 11.4 Å². The zero-order valence-corrected chi connectivity index (χ0v) is 14.7. The number of nitrogens with one attached hydrogen (secondary N) is 2. The van der Waals surface area contributed by atoms with Gasteiger partial charge in [-0.05, 0) is 42.5 Å². The Morgan fingerprint density at radius 1 is 1.26 bits per heavy atom. The molecule has 0 saturated carbocycles. The van der Waals surface area contributed by atoms with Crippen molar-refractivity contribution in [3.05, 3.63) is 24.3 Å². The van der Waals surface area contributed by atoms with Crippen molar-refractivity contribution >= 4 is 11.7 Å². The van der Waals surface area contributed by atoms with Gasteiger partial charge in [-0.15, -0.1) is 0 Å². The van der Waals surface area contributed by atoms with E-state index in [1.807, 2.05) is 45.0 Å². The van der Waals surface area contributed by atoms with Crippen molar-refractivity contribution in [2.75, 3.05) is 18.5 Å². The molecule has 23 heavy (non-hydrogen) atoms. The maximum Gasteiger partial charge on any atom is 0.319 e. The van der Waals surface area contributed by atoms with Crippen LogP contribution >= 0.6 is 0 Å². The third-order valence-corrected chi connectivity index (χ3v) is 3.58. The van der Waals surface area contributed by atoms with Gasteiger partial charge in [-0.2, -0.15) is 0 Å². The number of anilines is 1. The Morgan fingerprint density at radius 3 is 2.48 bits per heavy atom. The molecule has 0 aliphatic carbocycles. The summed E-state index contributed by atoms with van der Waals surface area (Å²) >= 11 is 0. The zero-order chi connectivity index (χ0) is 17.3. The van der Waals surface area contributed by atoms with Gasteiger partial charge in [0.1, 0.15) is 5.75 Å². The minimum Gasteiger partial charge on any atom is -0.494 e. The van der Waals surface area contributed by atoms with Crippen molar-refractivity contribution in [2.24, 2.45) is 5.41 Å². The molecule has 0 heterocycles. The van der Waals surface area contributed by atoms with Crippen molar-refractivity contribution < 1.29 is 14.6 Å². The SMILES string of the molecule is CCCCOc1ccc(NC(=O)NCCC(O)C(C)(C)C)cc1. The van der Waals surface area contributed by atoms with Crippen LogP contribution in [0, 0.1) is 5.41 Å². The number of benzene rings is 1. The minimum atomic E-state index is -0.442. The molecule has 0 fully saturated rings. The Kier molecular flexibility index (Phi) is 7.89. The number of carbonyl (C=O) groups excluding carboxylic acids is 1. The van der Waals surface area contributed by atoms with Gasteiger partial charge in [0, 0.05) is 12.2 Å². The molecule has 5 nitrogen and oxygen atoms in total. The molecule has 130 valence electrons. The Bertz CT molecular complexity index is 466. The van der Waals surface area contributed by atoms with Crippen LogP contribution in [0.3, 0.4) is 0 Å². The molecule has 0 aliphatic rings. The molecule has 0 aromatic heterocycles. The number of amides is 2. The van der Waals surface area contributed by atoms with Crippen molar-refractivity contribution in [1.29, 1.82) is 0 Å². The fourth-order valence-corrected chi connectivity index (χ4v) is 1.90. The van der Waals surface area contributed by atoms with E-state index in [0.29, 0.717) is 25.3 Å². The number of aliphatic hydroxyl groups is 1. The highest BCUT2D eigenvalue weighted by Crippen LogP contribution is 2.21. The molecule has 3 N–H and O–H groups in total. The quantitative estimate of drug-likeness (QED) is 0.638. The van der Waals surface area contributed by atoms with Crippen molar-refractivity contribution in [3.8, 4) is 5.75 Å². The van der Waals surface area contributed by atoms with Gasteiger partial charge >= 0.3 is 6.03 Å². The molecule has 2 amide bonds. The molecule has 1 atom stereocenters. The Morgan fingerprint density at radius 2 is 1.91 bits per heavy atom. The number of hydrogen-bond donors (Lipinski definition) is 3. The van der Waals surface area contributed by atoms with E-state index in [1.165, 1.54) is 0 Å². The second-order valence-corrected chi connectivity index (χ2v) is 6.78. The molecule has 0 spiro atoms. The number of urea groups is 1. The summed E-state index contributed by atoms with van der Waals surface area (Å²) in [6.45, 7) is 9.18. The van der Waals surface area contributed by atoms with Gasteiger partial charge < -0.3 is 20.5 Å². The molecule has 5 heteroatoms. The number of unbranched alkanes of at least 4 members (excludes halogenated alkanes) is 1. The maximum absolute atomic E-state index is 11.8. The highest BCUT2D eigenvalue weighted by Gasteiger charge is 2.21. The van der Waals surface area contributed by atoms with Crippen LogP contribution in [-0.2, 0) is 0 Å². The van der Waals surface area contributed by atoms with Gasteiger partial charge in [0.15, 0.2) is 0 Å². The summed E-state index contributed by atoms with van der Waals surface area (Å²) in [4.78, 5) is 11.8. The van der Waals surface area contributed by atoms with Crippen LogP contribution in [0.5, 0.6) is 5.75 Å². The summed E-state index contributed by atoms with van der Waals surface area (Å²) in [6, 6.07) is 7.03. The number of aliphatic hydroxyl groups excluding tert-OH is 1. The standard InChI is InChI=1S/C18H30N2O3/c1-5-6-13-23-15-9-7-14(8-10-15)20-17(22)19-12-11-16(21)18(2,3)4/h7-10,16,21H,5-6,11-13H2,1-4H3,(H2,19,20,22). The number of hydrogen-bond acceptors (Lipinski definition) is 3. The zero-order valence-electron chi connectivity index (χ0n) is 14.7. The monoisotopic (exact) mass is 322 g/mol. The van der Waals surface area contributed by atoms with Gasteiger partial charge in [0.05, 0.1) is 12.7 Å². The molecule has 1 rings (SSSR count). The largest absolute Gasteiger partial charge is 0.494 e. The highest BCUT2D eigenvalue weighted by molar-refractivity contribution is 5.89. The molecule has 0 bridgehead atoms. The predicted octanol–water partition coefficient (Wildman–Crippen LogP) is 3.78. The summed E-state index contributed by atoms with van der Waals surface area (Å²) in [6.07, 6.45) is 2.22. The third kappa shape index (κ3) is 7.88. The number of rotatable bonds is 8. The Labute approximate surface area is 139 Å². The summed E-state index contributed by atoms with van der Waals surface area (Å²) in [5.41, 5.74) is 0.535. The number of ether oxygens (including phenoxy) is 1. The summed E-state index contributed by atoms with van der Waals surface area (Å²) in [5, 5.41) is 15.4. The van der Waals surface area contributed by atoms with E-state index in [2.05, 4.69) is 17.6 Å². The molecular weight excluding hydrogens is 292 g/mol. The second-order valence-electron chi connectivity index (χ2n) is 6.78. The van der Waals surface area contributed by atoms with Crippen LogP contribution in [0.15, 0.2) is 24.3 Å². The lowest BCUT2D eigenvalue weighted by Gasteiger charge is -2.25. The first-order valence-corrected chi connectivity index (χ1v) is 8.28. The molecule has 0 saturated heterocycles. The van der Waals surface area contributed by atoms with Crippen LogP contribution in [0.2, 0.25) is 0 Å². The van der Waals surface area contributed by atoms with E-state index in [4.69, 9.17) is 4.74 Å². The average Bonchev–Trinajstić information content (AvgIpc) is 2.48.